The summed E-state index contributed by atoms with van der Waals surface area (Å²) in [7, 11) is 0. The SMILES string of the molecule is O=C1CCC(CSc2nc(-c3ccccc3)c(-c3ccccc3)[nH]2)O1. The first kappa shape index (κ1) is 16.0. The highest BCUT2D eigenvalue weighted by atomic mass is 32.2. The first-order chi connectivity index (χ1) is 12.3. The van der Waals surface area contributed by atoms with Crippen molar-refractivity contribution in [1.29, 1.82) is 0 Å². The summed E-state index contributed by atoms with van der Waals surface area (Å²) in [6.07, 6.45) is 1.31. The van der Waals surface area contributed by atoms with Gasteiger partial charge in [0.2, 0.25) is 0 Å². The van der Waals surface area contributed by atoms with Gasteiger partial charge in [0, 0.05) is 23.3 Å². The molecule has 0 aliphatic carbocycles. The third-order valence-electron chi connectivity index (χ3n) is 4.17. The first-order valence-electron chi connectivity index (χ1n) is 8.33. The van der Waals surface area contributed by atoms with Crippen molar-refractivity contribution in [2.75, 3.05) is 5.75 Å². The maximum Gasteiger partial charge on any atom is 0.306 e. The van der Waals surface area contributed by atoms with Crippen LogP contribution < -0.4 is 0 Å². The maximum atomic E-state index is 11.2. The van der Waals surface area contributed by atoms with Gasteiger partial charge in [-0.2, -0.15) is 0 Å². The van der Waals surface area contributed by atoms with Crippen molar-refractivity contribution in [1.82, 2.24) is 9.97 Å². The second kappa shape index (κ2) is 7.15. The standard InChI is InChI=1S/C20H18N2O2S/c23-17-12-11-16(24-17)13-25-20-21-18(14-7-3-1-4-8-14)19(22-20)15-9-5-2-6-10-15/h1-10,16H,11-13H2,(H,21,22). The Kier molecular flexibility index (Phi) is 4.57. The molecule has 3 aromatic rings. The van der Waals surface area contributed by atoms with Crippen LogP contribution in [0.3, 0.4) is 0 Å². The Morgan fingerprint density at radius 2 is 1.72 bits per heavy atom. The molecule has 0 bridgehead atoms. The van der Waals surface area contributed by atoms with Crippen LogP contribution in [-0.4, -0.2) is 27.8 Å². The minimum Gasteiger partial charge on any atom is -0.461 e. The number of benzene rings is 2. The highest BCUT2D eigenvalue weighted by molar-refractivity contribution is 7.99. The summed E-state index contributed by atoms with van der Waals surface area (Å²) < 4.78 is 5.29. The summed E-state index contributed by atoms with van der Waals surface area (Å²) >= 11 is 1.60. The van der Waals surface area contributed by atoms with E-state index in [-0.39, 0.29) is 12.1 Å². The van der Waals surface area contributed by atoms with Gasteiger partial charge in [-0.1, -0.05) is 72.4 Å². The van der Waals surface area contributed by atoms with Crippen molar-refractivity contribution in [3.05, 3.63) is 60.7 Å². The average molecular weight is 350 g/mol. The quantitative estimate of drug-likeness (QED) is 0.542. The Morgan fingerprint density at radius 1 is 1.04 bits per heavy atom. The van der Waals surface area contributed by atoms with Gasteiger partial charge in [-0.25, -0.2) is 4.98 Å². The number of thioether (sulfide) groups is 1. The summed E-state index contributed by atoms with van der Waals surface area (Å²) in [4.78, 5) is 19.5. The number of H-pyrrole nitrogens is 1. The minimum atomic E-state index is -0.0972. The Labute approximate surface area is 150 Å². The molecular weight excluding hydrogens is 332 g/mol. The molecule has 2 heterocycles. The van der Waals surface area contributed by atoms with Gasteiger partial charge < -0.3 is 9.72 Å². The molecular formula is C20H18N2O2S. The van der Waals surface area contributed by atoms with Gasteiger partial charge in [0.1, 0.15) is 6.10 Å². The van der Waals surface area contributed by atoms with Crippen LogP contribution in [0.25, 0.3) is 22.5 Å². The normalized spacial score (nSPS) is 16.8. The fourth-order valence-electron chi connectivity index (χ4n) is 2.91. The molecule has 1 aliphatic heterocycles. The molecule has 1 fully saturated rings. The van der Waals surface area contributed by atoms with Crippen LogP contribution in [-0.2, 0) is 9.53 Å². The molecule has 1 N–H and O–H groups in total. The molecule has 1 atom stereocenters. The fourth-order valence-corrected chi connectivity index (χ4v) is 3.82. The van der Waals surface area contributed by atoms with Crippen LogP contribution in [0.15, 0.2) is 65.8 Å². The second-order valence-electron chi connectivity index (χ2n) is 5.96. The van der Waals surface area contributed by atoms with Crippen LogP contribution in [0, 0.1) is 0 Å². The van der Waals surface area contributed by atoms with E-state index in [1.54, 1.807) is 11.8 Å². The van der Waals surface area contributed by atoms with Crippen molar-refractivity contribution < 1.29 is 9.53 Å². The Morgan fingerprint density at radius 3 is 2.36 bits per heavy atom. The maximum absolute atomic E-state index is 11.2. The van der Waals surface area contributed by atoms with Crippen LogP contribution in [0.1, 0.15) is 12.8 Å². The zero-order valence-electron chi connectivity index (χ0n) is 13.6. The third-order valence-corrected chi connectivity index (χ3v) is 5.17. The number of cyclic esters (lactones) is 1. The van der Waals surface area contributed by atoms with Crippen LogP contribution in [0.5, 0.6) is 0 Å². The number of carbonyl (C=O) groups is 1. The van der Waals surface area contributed by atoms with Crippen molar-refractivity contribution >= 4 is 17.7 Å². The molecule has 2 aromatic carbocycles. The number of ether oxygens (including phenoxy) is 1. The van der Waals surface area contributed by atoms with Gasteiger partial charge in [0.05, 0.1) is 11.4 Å². The Balaban J connectivity index is 1.63. The number of carbonyl (C=O) groups excluding carboxylic acids is 1. The number of hydrogen-bond donors (Lipinski definition) is 1. The minimum absolute atomic E-state index is 0.0112. The van der Waals surface area contributed by atoms with Crippen molar-refractivity contribution in [2.24, 2.45) is 0 Å². The van der Waals surface area contributed by atoms with E-state index in [0.717, 1.165) is 39.8 Å². The molecule has 4 nitrogen and oxygen atoms in total. The molecule has 0 saturated carbocycles. The topological polar surface area (TPSA) is 55.0 Å². The summed E-state index contributed by atoms with van der Waals surface area (Å²) in [5.41, 5.74) is 4.14. The number of nitrogens with one attached hydrogen (secondary N) is 1. The van der Waals surface area contributed by atoms with E-state index in [9.17, 15) is 4.79 Å². The lowest BCUT2D eigenvalue weighted by Gasteiger charge is -2.06. The van der Waals surface area contributed by atoms with Crippen molar-refractivity contribution in [2.45, 2.75) is 24.1 Å². The van der Waals surface area contributed by atoms with Crippen molar-refractivity contribution in [3.8, 4) is 22.5 Å². The molecule has 4 rings (SSSR count). The number of hydrogen-bond acceptors (Lipinski definition) is 4. The zero-order valence-corrected chi connectivity index (χ0v) is 14.5. The molecule has 25 heavy (non-hydrogen) atoms. The fraction of sp³-hybridized carbons (Fsp3) is 0.200. The highest BCUT2D eigenvalue weighted by Crippen LogP contribution is 2.33. The van der Waals surface area contributed by atoms with E-state index in [0.29, 0.717) is 6.42 Å². The number of rotatable bonds is 5. The van der Waals surface area contributed by atoms with E-state index >= 15 is 0 Å². The number of nitrogens with zero attached hydrogens (tertiary/aromatic N) is 1. The van der Waals surface area contributed by atoms with Gasteiger partial charge in [-0.3, -0.25) is 4.79 Å². The molecule has 5 heteroatoms. The summed E-state index contributed by atoms with van der Waals surface area (Å²) in [5.74, 6) is 0.627. The van der Waals surface area contributed by atoms with Gasteiger partial charge in [-0.15, -0.1) is 0 Å². The zero-order chi connectivity index (χ0) is 17.1. The molecule has 0 amide bonds. The number of aromatic nitrogens is 2. The lowest BCUT2D eigenvalue weighted by Crippen LogP contribution is -2.09. The predicted octanol–water partition coefficient (Wildman–Crippen LogP) is 4.54. The molecule has 1 unspecified atom stereocenters. The van der Waals surface area contributed by atoms with Crippen molar-refractivity contribution in [3.63, 3.8) is 0 Å². The first-order valence-corrected chi connectivity index (χ1v) is 9.31. The van der Waals surface area contributed by atoms with Gasteiger partial charge in [0.25, 0.3) is 0 Å². The second-order valence-corrected chi connectivity index (χ2v) is 6.97. The van der Waals surface area contributed by atoms with Crippen LogP contribution in [0.4, 0.5) is 0 Å². The molecule has 1 saturated heterocycles. The molecule has 1 aromatic heterocycles. The van der Waals surface area contributed by atoms with Crippen LogP contribution in [0.2, 0.25) is 0 Å². The number of imidazole rings is 1. The van der Waals surface area contributed by atoms with Gasteiger partial charge >= 0.3 is 5.97 Å². The Bertz CT molecular complexity index is 805. The highest BCUT2D eigenvalue weighted by Gasteiger charge is 2.24. The lowest BCUT2D eigenvalue weighted by molar-refractivity contribution is -0.140. The number of aromatic amines is 1. The molecule has 0 spiro atoms. The van der Waals surface area contributed by atoms with Gasteiger partial charge in [0.15, 0.2) is 5.16 Å². The predicted molar refractivity (Wildman–Crippen MR) is 99.3 cm³/mol. The van der Waals surface area contributed by atoms with E-state index in [4.69, 9.17) is 9.72 Å². The smallest absolute Gasteiger partial charge is 0.306 e. The monoisotopic (exact) mass is 350 g/mol. The Hall–Kier alpha value is -2.53. The average Bonchev–Trinajstić information content (AvgIpc) is 3.28. The van der Waals surface area contributed by atoms with Gasteiger partial charge in [-0.05, 0) is 6.42 Å². The van der Waals surface area contributed by atoms with E-state index in [1.165, 1.54) is 0 Å². The van der Waals surface area contributed by atoms with E-state index in [2.05, 4.69) is 29.2 Å². The molecule has 1 aliphatic rings. The number of esters is 1. The van der Waals surface area contributed by atoms with E-state index in [1.807, 2.05) is 36.4 Å². The molecule has 0 radical (unpaired) electrons. The summed E-state index contributed by atoms with van der Waals surface area (Å²) in [5, 5.41) is 0.848. The largest absolute Gasteiger partial charge is 0.461 e. The van der Waals surface area contributed by atoms with E-state index < -0.39 is 0 Å². The lowest BCUT2D eigenvalue weighted by atomic mass is 10.1. The summed E-state index contributed by atoms with van der Waals surface area (Å²) in [6.45, 7) is 0. The third kappa shape index (κ3) is 3.61. The van der Waals surface area contributed by atoms with Crippen LogP contribution >= 0.6 is 11.8 Å². The summed E-state index contributed by atoms with van der Waals surface area (Å²) in [6, 6.07) is 20.4. The molecule has 126 valence electrons.